The highest BCUT2D eigenvalue weighted by Gasteiger charge is 2.12. The summed E-state index contributed by atoms with van der Waals surface area (Å²) >= 11 is 0. The fourth-order valence-corrected chi connectivity index (χ4v) is 1.52. The second-order valence-electron chi connectivity index (χ2n) is 3.50. The Morgan fingerprint density at radius 1 is 1.38 bits per heavy atom. The van der Waals surface area contributed by atoms with Crippen molar-refractivity contribution in [3.8, 4) is 0 Å². The number of hydrogen-bond acceptors (Lipinski definition) is 3. The molecule has 0 spiro atoms. The van der Waals surface area contributed by atoms with E-state index in [9.17, 15) is 9.59 Å². The van der Waals surface area contributed by atoms with Gasteiger partial charge in [-0.25, -0.2) is 0 Å². The highest BCUT2D eigenvalue weighted by atomic mass is 16.5. The average Bonchev–Trinajstić information content (AvgIpc) is 2.31. The molecule has 86 valence electrons. The van der Waals surface area contributed by atoms with Gasteiger partial charge >= 0.3 is 5.97 Å². The normalized spacial score (nSPS) is 11.8. The van der Waals surface area contributed by atoms with Crippen molar-refractivity contribution in [1.82, 2.24) is 0 Å². The molecule has 0 saturated heterocycles. The summed E-state index contributed by atoms with van der Waals surface area (Å²) in [5.74, 6) is -0.462. The highest BCUT2D eigenvalue weighted by Crippen LogP contribution is 2.18. The fraction of sp³-hybridized carbons (Fsp3) is 0.385. The summed E-state index contributed by atoms with van der Waals surface area (Å²) in [6.07, 6.45) is 1.67. The van der Waals surface area contributed by atoms with Gasteiger partial charge in [-0.2, -0.15) is 0 Å². The van der Waals surface area contributed by atoms with Crippen LogP contribution in [0.15, 0.2) is 30.3 Å². The van der Waals surface area contributed by atoms with Crippen molar-refractivity contribution in [3.63, 3.8) is 0 Å². The summed E-state index contributed by atoms with van der Waals surface area (Å²) in [5.41, 5.74) is 0.946. The first-order valence-corrected chi connectivity index (χ1v) is 5.43. The van der Waals surface area contributed by atoms with Crippen molar-refractivity contribution in [2.45, 2.75) is 25.7 Å². The maximum absolute atomic E-state index is 11.2. The van der Waals surface area contributed by atoms with Crippen LogP contribution in [0, 0.1) is 0 Å². The highest BCUT2D eigenvalue weighted by molar-refractivity contribution is 5.71. The zero-order chi connectivity index (χ0) is 11.8. The fourth-order valence-electron chi connectivity index (χ4n) is 1.52. The van der Waals surface area contributed by atoms with Gasteiger partial charge in [0, 0.05) is 12.3 Å². The Balaban J connectivity index is 2.50. The Morgan fingerprint density at radius 3 is 2.62 bits per heavy atom. The molecular formula is C13H16O3. The smallest absolute Gasteiger partial charge is 0.305 e. The maximum Gasteiger partial charge on any atom is 0.305 e. The van der Waals surface area contributed by atoms with Crippen LogP contribution >= 0.6 is 0 Å². The molecule has 0 amide bonds. The molecule has 1 atom stereocenters. The molecule has 0 N–H and O–H groups in total. The zero-order valence-corrected chi connectivity index (χ0v) is 9.39. The lowest BCUT2D eigenvalue weighted by Gasteiger charge is -2.09. The summed E-state index contributed by atoms with van der Waals surface area (Å²) < 4.78 is 4.82. The molecule has 0 aromatic heterocycles. The number of ether oxygens (including phenoxy) is 1. The van der Waals surface area contributed by atoms with Crippen LogP contribution < -0.4 is 0 Å². The first-order chi connectivity index (χ1) is 7.77. The minimum absolute atomic E-state index is 0.217. The van der Waals surface area contributed by atoms with E-state index in [4.69, 9.17) is 4.74 Å². The van der Waals surface area contributed by atoms with E-state index < -0.39 is 0 Å². The number of hydrogen-bond donors (Lipinski definition) is 0. The Kier molecular flexibility index (Phi) is 5.26. The SMILES string of the molecule is CCOC(=O)CCC(C=O)c1ccccc1. The summed E-state index contributed by atoms with van der Waals surface area (Å²) in [4.78, 5) is 22.1. The van der Waals surface area contributed by atoms with Gasteiger partial charge in [-0.1, -0.05) is 30.3 Å². The third-order valence-corrected chi connectivity index (χ3v) is 2.36. The quantitative estimate of drug-likeness (QED) is 0.545. The largest absolute Gasteiger partial charge is 0.466 e. The lowest BCUT2D eigenvalue weighted by molar-refractivity contribution is -0.143. The summed E-state index contributed by atoms with van der Waals surface area (Å²) in [7, 11) is 0. The van der Waals surface area contributed by atoms with E-state index in [-0.39, 0.29) is 18.3 Å². The molecule has 1 aromatic rings. The van der Waals surface area contributed by atoms with Crippen LogP contribution in [-0.4, -0.2) is 18.9 Å². The summed E-state index contributed by atoms with van der Waals surface area (Å²) in [6, 6.07) is 9.46. The van der Waals surface area contributed by atoms with Gasteiger partial charge in [0.25, 0.3) is 0 Å². The third-order valence-electron chi connectivity index (χ3n) is 2.36. The molecule has 1 aromatic carbocycles. The van der Waals surface area contributed by atoms with E-state index in [2.05, 4.69) is 0 Å². The van der Waals surface area contributed by atoms with Crippen molar-refractivity contribution in [2.24, 2.45) is 0 Å². The lowest BCUT2D eigenvalue weighted by Crippen LogP contribution is -2.08. The predicted molar refractivity (Wildman–Crippen MR) is 61.1 cm³/mol. The maximum atomic E-state index is 11.2. The van der Waals surface area contributed by atoms with Gasteiger partial charge in [0.1, 0.15) is 6.29 Å². The molecule has 0 radical (unpaired) electrons. The van der Waals surface area contributed by atoms with Crippen molar-refractivity contribution >= 4 is 12.3 Å². The average molecular weight is 220 g/mol. The predicted octanol–water partition coefficient (Wildman–Crippen LogP) is 2.31. The molecule has 3 nitrogen and oxygen atoms in total. The molecule has 0 saturated carbocycles. The number of carbonyl (C=O) groups excluding carboxylic acids is 2. The van der Waals surface area contributed by atoms with Crippen molar-refractivity contribution in [2.75, 3.05) is 6.61 Å². The topological polar surface area (TPSA) is 43.4 Å². The van der Waals surface area contributed by atoms with Crippen molar-refractivity contribution in [3.05, 3.63) is 35.9 Å². The molecule has 16 heavy (non-hydrogen) atoms. The summed E-state index contributed by atoms with van der Waals surface area (Å²) in [6.45, 7) is 2.15. The van der Waals surface area contributed by atoms with Crippen LogP contribution in [0.3, 0.4) is 0 Å². The molecule has 0 aliphatic heterocycles. The van der Waals surface area contributed by atoms with E-state index in [0.717, 1.165) is 11.8 Å². The van der Waals surface area contributed by atoms with Gasteiger partial charge in [0.15, 0.2) is 0 Å². The third kappa shape index (κ3) is 3.85. The molecule has 0 aliphatic carbocycles. The molecule has 0 fully saturated rings. The van der Waals surface area contributed by atoms with Gasteiger partial charge < -0.3 is 9.53 Å². The molecule has 3 heteroatoms. The number of esters is 1. The van der Waals surface area contributed by atoms with Gasteiger partial charge in [-0.05, 0) is 18.9 Å². The van der Waals surface area contributed by atoms with E-state index in [1.54, 1.807) is 6.92 Å². The van der Waals surface area contributed by atoms with Crippen LogP contribution in [0.2, 0.25) is 0 Å². The van der Waals surface area contributed by atoms with Crippen LogP contribution in [0.25, 0.3) is 0 Å². The zero-order valence-electron chi connectivity index (χ0n) is 9.39. The number of aldehydes is 1. The molecule has 0 aliphatic rings. The van der Waals surface area contributed by atoms with E-state index in [0.29, 0.717) is 13.0 Å². The molecular weight excluding hydrogens is 204 g/mol. The number of carbonyl (C=O) groups is 2. The first kappa shape index (κ1) is 12.4. The van der Waals surface area contributed by atoms with Crippen LogP contribution in [-0.2, 0) is 14.3 Å². The van der Waals surface area contributed by atoms with Gasteiger partial charge in [-0.3, -0.25) is 4.79 Å². The Bertz CT molecular complexity index is 332. The van der Waals surface area contributed by atoms with Crippen LogP contribution in [0.1, 0.15) is 31.2 Å². The number of benzene rings is 1. The Hall–Kier alpha value is -1.64. The standard InChI is InChI=1S/C13H16O3/c1-2-16-13(15)9-8-12(10-14)11-6-4-3-5-7-11/h3-7,10,12H,2,8-9H2,1H3. The minimum Gasteiger partial charge on any atom is -0.466 e. The Morgan fingerprint density at radius 2 is 2.06 bits per heavy atom. The molecule has 0 bridgehead atoms. The molecule has 1 rings (SSSR count). The lowest BCUT2D eigenvalue weighted by atomic mass is 9.96. The summed E-state index contributed by atoms with van der Waals surface area (Å²) in [5, 5.41) is 0. The van der Waals surface area contributed by atoms with Crippen LogP contribution in [0.5, 0.6) is 0 Å². The monoisotopic (exact) mass is 220 g/mol. The Labute approximate surface area is 95.4 Å². The van der Waals surface area contributed by atoms with Gasteiger partial charge in [-0.15, -0.1) is 0 Å². The van der Waals surface area contributed by atoms with Crippen LogP contribution in [0.4, 0.5) is 0 Å². The molecule has 1 unspecified atom stereocenters. The first-order valence-electron chi connectivity index (χ1n) is 5.43. The second-order valence-corrected chi connectivity index (χ2v) is 3.50. The van der Waals surface area contributed by atoms with Crippen molar-refractivity contribution < 1.29 is 14.3 Å². The van der Waals surface area contributed by atoms with Crippen molar-refractivity contribution in [1.29, 1.82) is 0 Å². The molecule has 0 heterocycles. The van der Waals surface area contributed by atoms with E-state index in [1.165, 1.54) is 0 Å². The minimum atomic E-state index is -0.245. The second kappa shape index (κ2) is 6.77. The number of rotatable bonds is 6. The van der Waals surface area contributed by atoms with E-state index >= 15 is 0 Å². The van der Waals surface area contributed by atoms with Gasteiger partial charge in [0.05, 0.1) is 6.61 Å². The van der Waals surface area contributed by atoms with Gasteiger partial charge in [0.2, 0.25) is 0 Å². The van der Waals surface area contributed by atoms with E-state index in [1.807, 2.05) is 30.3 Å².